The number of hydrogen-bond acceptors (Lipinski definition) is 7. The largest absolute Gasteiger partial charge is 0.744 e. The van der Waals surface area contributed by atoms with Crippen LogP contribution in [0.15, 0.2) is 57.0 Å². The summed E-state index contributed by atoms with van der Waals surface area (Å²) in [4.78, 5) is 1.19. The van der Waals surface area contributed by atoms with Crippen LogP contribution in [0.2, 0.25) is 0 Å². The van der Waals surface area contributed by atoms with Gasteiger partial charge in [-0.25, -0.2) is 13.0 Å². The predicted octanol–water partition coefficient (Wildman–Crippen LogP) is 3.91. The summed E-state index contributed by atoms with van der Waals surface area (Å²) in [6, 6.07) is 5.52. The topological polar surface area (TPSA) is 127 Å². The van der Waals surface area contributed by atoms with Crippen molar-refractivity contribution in [1.29, 1.82) is 0 Å². The second-order valence-corrected chi connectivity index (χ2v) is 15.1. The maximum absolute atomic E-state index is 12.7. The molecule has 0 amide bonds. The summed E-state index contributed by atoms with van der Waals surface area (Å²) in [5, 5.41) is 0. The molecular formula is C31H32N2O7S2. The van der Waals surface area contributed by atoms with Crippen molar-refractivity contribution in [2.75, 3.05) is 31.1 Å². The summed E-state index contributed by atoms with van der Waals surface area (Å²) >= 11 is 0. The highest BCUT2D eigenvalue weighted by Crippen LogP contribution is 2.55. The number of allylic oxidation sites excluding steroid dienone is 3. The van der Waals surface area contributed by atoms with Gasteiger partial charge in [-0.05, 0) is 67.9 Å². The minimum absolute atomic E-state index is 0.163. The Morgan fingerprint density at radius 2 is 1.74 bits per heavy atom. The Morgan fingerprint density at radius 1 is 0.952 bits per heavy atom. The smallest absolute Gasteiger partial charge is 0.294 e. The first-order valence-electron chi connectivity index (χ1n) is 14.9. The van der Waals surface area contributed by atoms with Crippen LogP contribution >= 0.6 is 0 Å². The molecule has 0 fully saturated rings. The second-order valence-electron chi connectivity index (χ2n) is 12.3. The maximum Gasteiger partial charge on any atom is 0.294 e. The van der Waals surface area contributed by atoms with E-state index in [-0.39, 0.29) is 11.5 Å². The summed E-state index contributed by atoms with van der Waals surface area (Å²) < 4.78 is 81.4. The first kappa shape index (κ1) is 26.6. The Bertz CT molecular complexity index is 1880. The summed E-state index contributed by atoms with van der Waals surface area (Å²) in [6.07, 6.45) is 9.84. The lowest BCUT2D eigenvalue weighted by atomic mass is 9.71. The molecule has 9 nitrogen and oxygen atoms in total. The third-order valence-electron chi connectivity index (χ3n) is 9.91. The van der Waals surface area contributed by atoms with Gasteiger partial charge in [-0.1, -0.05) is 12.1 Å². The van der Waals surface area contributed by atoms with Gasteiger partial charge in [0.05, 0.1) is 21.3 Å². The zero-order valence-corrected chi connectivity index (χ0v) is 24.8. The number of benzene rings is 2. The van der Waals surface area contributed by atoms with Gasteiger partial charge in [-0.3, -0.25) is 4.55 Å². The Labute approximate surface area is 245 Å². The molecule has 0 saturated carbocycles. The normalized spacial score (nSPS) is 24.7. The van der Waals surface area contributed by atoms with E-state index < -0.39 is 35.9 Å². The van der Waals surface area contributed by atoms with Gasteiger partial charge in [0.1, 0.15) is 34.7 Å². The molecule has 5 aliphatic heterocycles. The van der Waals surface area contributed by atoms with E-state index in [1.54, 1.807) is 0 Å². The number of hydrogen-bond donors (Lipinski definition) is 1. The Hall–Kier alpha value is -2.99. The summed E-state index contributed by atoms with van der Waals surface area (Å²) in [7, 11) is -9.84. The van der Waals surface area contributed by atoms with Gasteiger partial charge in [-0.2, -0.15) is 8.42 Å². The van der Waals surface area contributed by atoms with Crippen LogP contribution in [-0.2, 0) is 33.1 Å². The van der Waals surface area contributed by atoms with Crippen LogP contribution in [0.3, 0.4) is 0 Å². The standard InChI is InChI=1S/C31H32N2O7S2/c34-41(35,36)20-9-10-21(26(17-20)42(37,38)39)27-24-15-18-5-1-11-32-13-3-7-22(28(18)32)30(24)40-31-23-8-4-14-33-12-2-6-19(29(23)33)16-25(27)31/h9-10,15-18,27H,1-8,11-14H2,(H-,34,35,36,37,38,39). The lowest BCUT2D eigenvalue weighted by Crippen LogP contribution is -2.42. The van der Waals surface area contributed by atoms with Gasteiger partial charge in [-0.15, -0.1) is 0 Å². The minimum atomic E-state index is -5.11. The van der Waals surface area contributed by atoms with Crippen LogP contribution in [0.25, 0.3) is 0 Å². The molecule has 2 atom stereocenters. The van der Waals surface area contributed by atoms with Crippen molar-refractivity contribution >= 4 is 31.6 Å². The van der Waals surface area contributed by atoms with Gasteiger partial charge in [0.25, 0.3) is 10.1 Å². The molecule has 42 heavy (non-hydrogen) atoms. The lowest BCUT2D eigenvalue weighted by molar-refractivity contribution is -0.537. The fourth-order valence-corrected chi connectivity index (χ4v) is 9.68. The van der Waals surface area contributed by atoms with Crippen LogP contribution in [0.4, 0.5) is 5.69 Å². The van der Waals surface area contributed by atoms with E-state index in [1.165, 1.54) is 29.1 Å². The third-order valence-corrected chi connectivity index (χ3v) is 11.6. The highest BCUT2D eigenvalue weighted by molar-refractivity contribution is 7.86. The van der Waals surface area contributed by atoms with Gasteiger partial charge in [0, 0.05) is 54.2 Å². The molecule has 2 aromatic rings. The van der Waals surface area contributed by atoms with E-state index in [0.717, 1.165) is 117 Å². The number of nitrogens with zero attached hydrogens (tertiary/aromatic N) is 2. The molecule has 2 unspecified atom stereocenters. The van der Waals surface area contributed by atoms with E-state index in [0.29, 0.717) is 0 Å². The fraction of sp³-hybridized carbons (Fsp3) is 0.452. The quantitative estimate of drug-likeness (QED) is 0.411. The molecule has 1 N–H and O–H groups in total. The number of rotatable bonds is 3. The predicted molar refractivity (Wildman–Crippen MR) is 154 cm³/mol. The number of anilines is 1. The minimum Gasteiger partial charge on any atom is -0.744 e. The average molecular weight is 609 g/mol. The van der Waals surface area contributed by atoms with E-state index >= 15 is 0 Å². The van der Waals surface area contributed by atoms with Crippen molar-refractivity contribution in [3.8, 4) is 5.75 Å². The van der Waals surface area contributed by atoms with Gasteiger partial charge < -0.3 is 14.2 Å². The first-order chi connectivity index (χ1) is 20.1. The number of aryl methyl sites for hydroxylation is 1. The first-order valence-corrected chi connectivity index (χ1v) is 17.7. The highest BCUT2D eigenvalue weighted by Gasteiger charge is 2.46. The van der Waals surface area contributed by atoms with Crippen LogP contribution in [0.5, 0.6) is 5.75 Å². The van der Waals surface area contributed by atoms with Crippen molar-refractivity contribution < 1.29 is 35.3 Å². The van der Waals surface area contributed by atoms with Crippen molar-refractivity contribution in [1.82, 2.24) is 0 Å². The van der Waals surface area contributed by atoms with E-state index in [4.69, 9.17) is 4.74 Å². The van der Waals surface area contributed by atoms with E-state index in [9.17, 15) is 25.9 Å². The van der Waals surface area contributed by atoms with Crippen LogP contribution in [-0.4, -0.2) is 62.4 Å². The molecular weight excluding hydrogens is 576 g/mol. The monoisotopic (exact) mass is 608 g/mol. The molecule has 5 heterocycles. The summed E-state index contributed by atoms with van der Waals surface area (Å²) in [6.45, 7) is 4.00. The SMILES string of the molecule is O=S(=O)([O-])c1cc(S(=O)(=O)O)ccc1C1C2=CC3CCC[N+]4=C3C(=C2Oc2c1cc1c3c2CCCN3CCC1)CCC4. The molecule has 0 bridgehead atoms. The molecule has 0 spiro atoms. The van der Waals surface area contributed by atoms with Gasteiger partial charge in [0.15, 0.2) is 5.71 Å². The van der Waals surface area contributed by atoms with E-state index in [1.807, 2.05) is 0 Å². The molecule has 0 saturated heterocycles. The summed E-state index contributed by atoms with van der Waals surface area (Å²) in [5.41, 5.74) is 7.91. The van der Waals surface area contributed by atoms with E-state index in [2.05, 4.69) is 21.6 Å². The molecule has 8 rings (SSSR count). The molecule has 2 aromatic carbocycles. The molecule has 220 valence electrons. The molecule has 6 aliphatic rings. The third kappa shape index (κ3) is 3.97. The second kappa shape index (κ2) is 9.25. The maximum atomic E-state index is 12.7. The van der Waals surface area contributed by atoms with Crippen LogP contribution in [0, 0.1) is 5.92 Å². The molecule has 1 aliphatic carbocycles. The zero-order chi connectivity index (χ0) is 29.0. The zero-order valence-electron chi connectivity index (χ0n) is 23.1. The molecule has 11 heteroatoms. The van der Waals surface area contributed by atoms with Crippen molar-refractivity contribution in [2.24, 2.45) is 5.92 Å². The Balaban J connectivity index is 1.45. The fourth-order valence-electron chi connectivity index (χ4n) is 8.35. The lowest BCUT2D eigenvalue weighted by Gasteiger charge is -2.43. The highest BCUT2D eigenvalue weighted by atomic mass is 32.2. The van der Waals surface area contributed by atoms with Crippen LogP contribution < -0.4 is 9.64 Å². The Kier molecular flexibility index (Phi) is 5.87. The van der Waals surface area contributed by atoms with Crippen molar-refractivity contribution in [3.63, 3.8) is 0 Å². The van der Waals surface area contributed by atoms with Gasteiger partial charge >= 0.3 is 0 Å². The van der Waals surface area contributed by atoms with Gasteiger partial charge in [0.2, 0.25) is 0 Å². The van der Waals surface area contributed by atoms with Crippen molar-refractivity contribution in [2.45, 2.75) is 67.1 Å². The summed E-state index contributed by atoms with van der Waals surface area (Å²) in [5.74, 6) is 1.02. The van der Waals surface area contributed by atoms with Crippen molar-refractivity contribution in [3.05, 3.63) is 69.5 Å². The number of ether oxygens (including phenoxy) is 1. The Morgan fingerprint density at radius 3 is 2.52 bits per heavy atom. The number of fused-ring (bicyclic) bond motifs is 3. The molecule has 0 aromatic heterocycles. The van der Waals surface area contributed by atoms with Crippen LogP contribution in [0.1, 0.15) is 66.7 Å². The average Bonchev–Trinajstić information content (AvgIpc) is 2.96. The molecule has 0 radical (unpaired) electrons.